The van der Waals surface area contributed by atoms with Crippen LogP contribution in [-0.2, 0) is 6.18 Å². The average Bonchev–Trinajstić information content (AvgIpc) is 2.84. The first kappa shape index (κ1) is 13.9. The summed E-state index contributed by atoms with van der Waals surface area (Å²) in [7, 11) is 0. The van der Waals surface area contributed by atoms with Gasteiger partial charge in [-0.25, -0.2) is 4.39 Å². The van der Waals surface area contributed by atoms with Gasteiger partial charge in [0.15, 0.2) is 0 Å². The summed E-state index contributed by atoms with van der Waals surface area (Å²) in [6.07, 6.45) is -4.48. The molecule has 0 aliphatic heterocycles. The van der Waals surface area contributed by atoms with E-state index in [0.29, 0.717) is 0 Å². The first-order valence-corrected chi connectivity index (χ1v) is 6.47. The minimum absolute atomic E-state index is 0.145. The van der Waals surface area contributed by atoms with Crippen LogP contribution < -0.4 is 5.32 Å². The molecule has 0 aliphatic carbocycles. The minimum atomic E-state index is -4.48. The average molecular weight is 289 g/mol. The second-order valence-electron chi connectivity index (χ2n) is 4.12. The van der Waals surface area contributed by atoms with Gasteiger partial charge < -0.3 is 5.32 Å². The fourth-order valence-corrected chi connectivity index (χ4v) is 2.40. The molecule has 19 heavy (non-hydrogen) atoms. The number of halogens is 4. The van der Waals surface area contributed by atoms with Crippen molar-refractivity contribution in [3.05, 3.63) is 52.0 Å². The molecule has 0 fully saturated rings. The van der Waals surface area contributed by atoms with E-state index in [1.807, 2.05) is 16.8 Å². The summed E-state index contributed by atoms with van der Waals surface area (Å²) in [6.45, 7) is 1.77. The van der Waals surface area contributed by atoms with Gasteiger partial charge in [0, 0.05) is 6.04 Å². The van der Waals surface area contributed by atoms with Gasteiger partial charge in [-0.15, -0.1) is 0 Å². The Morgan fingerprint density at radius 3 is 2.53 bits per heavy atom. The lowest BCUT2D eigenvalue weighted by atomic mass is 10.1. The predicted octanol–water partition coefficient (Wildman–Crippen LogP) is 5.08. The molecule has 0 radical (unpaired) electrons. The molecule has 0 saturated heterocycles. The van der Waals surface area contributed by atoms with Crippen LogP contribution in [0.4, 0.5) is 23.2 Å². The molecular formula is C13H11F4NS. The van der Waals surface area contributed by atoms with Gasteiger partial charge in [-0.3, -0.25) is 0 Å². The van der Waals surface area contributed by atoms with E-state index < -0.39 is 17.6 Å². The molecule has 0 spiro atoms. The smallest absolute Gasteiger partial charge is 0.376 e. The largest absolute Gasteiger partial charge is 0.416 e. The molecule has 1 N–H and O–H groups in total. The maximum absolute atomic E-state index is 13.5. The first-order chi connectivity index (χ1) is 8.88. The molecule has 6 heteroatoms. The van der Waals surface area contributed by atoms with Gasteiger partial charge in [0.2, 0.25) is 0 Å². The number of nitrogens with one attached hydrogen (secondary N) is 1. The van der Waals surface area contributed by atoms with Crippen molar-refractivity contribution < 1.29 is 17.6 Å². The van der Waals surface area contributed by atoms with Crippen LogP contribution in [0.3, 0.4) is 0 Å². The molecule has 0 bridgehead atoms. The molecule has 1 heterocycles. The van der Waals surface area contributed by atoms with Crippen molar-refractivity contribution in [1.82, 2.24) is 0 Å². The first-order valence-electron chi connectivity index (χ1n) is 5.53. The maximum Gasteiger partial charge on any atom is 0.416 e. The minimum Gasteiger partial charge on any atom is -0.376 e. The normalized spacial score (nSPS) is 13.3. The number of hydrogen-bond donors (Lipinski definition) is 1. The summed E-state index contributed by atoms with van der Waals surface area (Å²) in [5.41, 5.74) is -0.107. The molecule has 2 rings (SSSR count). The van der Waals surface area contributed by atoms with Gasteiger partial charge in [0.25, 0.3) is 0 Å². The number of thiophene rings is 1. The number of benzene rings is 1. The second-order valence-corrected chi connectivity index (χ2v) is 4.90. The highest BCUT2D eigenvalue weighted by molar-refractivity contribution is 7.07. The lowest BCUT2D eigenvalue weighted by molar-refractivity contribution is -0.137. The highest BCUT2D eigenvalue weighted by atomic mass is 32.1. The van der Waals surface area contributed by atoms with Gasteiger partial charge in [0.1, 0.15) is 5.82 Å². The van der Waals surface area contributed by atoms with Crippen LogP contribution >= 0.6 is 11.3 Å². The topological polar surface area (TPSA) is 12.0 Å². The Hall–Kier alpha value is -1.56. The lowest BCUT2D eigenvalue weighted by Gasteiger charge is -2.16. The zero-order valence-corrected chi connectivity index (χ0v) is 10.8. The van der Waals surface area contributed by atoms with Crippen molar-refractivity contribution >= 4 is 17.0 Å². The number of alkyl halides is 3. The predicted molar refractivity (Wildman–Crippen MR) is 67.8 cm³/mol. The number of anilines is 1. The number of rotatable bonds is 3. The molecule has 1 aromatic heterocycles. The van der Waals surface area contributed by atoms with Crippen molar-refractivity contribution in [3.8, 4) is 0 Å². The highest BCUT2D eigenvalue weighted by Gasteiger charge is 2.31. The summed E-state index contributed by atoms with van der Waals surface area (Å²) >= 11 is 1.48. The van der Waals surface area contributed by atoms with Crippen LogP contribution in [-0.4, -0.2) is 0 Å². The fourth-order valence-electron chi connectivity index (χ4n) is 1.65. The summed E-state index contributed by atoms with van der Waals surface area (Å²) in [6, 6.07) is 3.93. The Morgan fingerprint density at radius 2 is 1.95 bits per heavy atom. The molecule has 0 saturated carbocycles. The molecule has 0 aliphatic rings. The van der Waals surface area contributed by atoms with Crippen molar-refractivity contribution in [2.75, 3.05) is 5.32 Å². The quantitative estimate of drug-likeness (QED) is 0.777. The Balaban J connectivity index is 2.25. The zero-order chi connectivity index (χ0) is 14.0. The van der Waals surface area contributed by atoms with Crippen molar-refractivity contribution in [2.24, 2.45) is 0 Å². The lowest BCUT2D eigenvalue weighted by Crippen LogP contribution is -2.10. The molecule has 1 atom stereocenters. The molecule has 0 amide bonds. The third kappa shape index (κ3) is 3.26. The van der Waals surface area contributed by atoms with Crippen LogP contribution in [0.5, 0.6) is 0 Å². The van der Waals surface area contributed by atoms with E-state index in [1.54, 1.807) is 6.92 Å². The Morgan fingerprint density at radius 1 is 1.21 bits per heavy atom. The SMILES string of the molecule is CC(Nc1cc(C(F)(F)F)ccc1F)c1ccsc1. The van der Waals surface area contributed by atoms with Crippen LogP contribution in [0.2, 0.25) is 0 Å². The van der Waals surface area contributed by atoms with Crippen LogP contribution in [0.1, 0.15) is 24.1 Å². The van der Waals surface area contributed by atoms with Crippen LogP contribution in [0, 0.1) is 5.82 Å². The Labute approximate surface area is 111 Å². The van der Waals surface area contributed by atoms with E-state index in [9.17, 15) is 17.6 Å². The van der Waals surface area contributed by atoms with Gasteiger partial charge in [-0.1, -0.05) is 0 Å². The second kappa shape index (κ2) is 5.21. The van der Waals surface area contributed by atoms with Gasteiger partial charge >= 0.3 is 6.18 Å². The van der Waals surface area contributed by atoms with E-state index in [4.69, 9.17) is 0 Å². The molecule has 1 unspecified atom stereocenters. The summed E-state index contributed by atoms with van der Waals surface area (Å²) < 4.78 is 51.2. The van der Waals surface area contributed by atoms with Crippen LogP contribution in [0.25, 0.3) is 0 Å². The third-order valence-corrected chi connectivity index (χ3v) is 3.41. The number of hydrogen-bond acceptors (Lipinski definition) is 2. The van der Waals surface area contributed by atoms with Crippen LogP contribution in [0.15, 0.2) is 35.0 Å². The maximum atomic E-state index is 13.5. The summed E-state index contributed by atoms with van der Waals surface area (Å²) in [5, 5.41) is 6.48. The van der Waals surface area contributed by atoms with E-state index >= 15 is 0 Å². The van der Waals surface area contributed by atoms with Gasteiger partial charge in [0.05, 0.1) is 11.3 Å². The van der Waals surface area contributed by atoms with Crippen molar-refractivity contribution in [3.63, 3.8) is 0 Å². The fraction of sp³-hybridized carbons (Fsp3) is 0.231. The molecule has 2 aromatic rings. The van der Waals surface area contributed by atoms with E-state index in [1.165, 1.54) is 11.3 Å². The summed E-state index contributed by atoms with van der Waals surface area (Å²) in [5.74, 6) is -0.699. The monoisotopic (exact) mass is 289 g/mol. The summed E-state index contributed by atoms with van der Waals surface area (Å²) in [4.78, 5) is 0. The van der Waals surface area contributed by atoms with Crippen molar-refractivity contribution in [1.29, 1.82) is 0 Å². The van der Waals surface area contributed by atoms with E-state index in [-0.39, 0.29) is 11.7 Å². The van der Waals surface area contributed by atoms with Crippen molar-refractivity contribution in [2.45, 2.75) is 19.1 Å². The third-order valence-electron chi connectivity index (χ3n) is 2.71. The Kier molecular flexibility index (Phi) is 3.80. The standard InChI is InChI=1S/C13H11F4NS/c1-8(9-4-5-19-7-9)18-12-6-10(13(15,16)17)2-3-11(12)14/h2-8,18H,1H3. The van der Waals surface area contributed by atoms with Gasteiger partial charge in [-0.2, -0.15) is 24.5 Å². The van der Waals surface area contributed by atoms with E-state index in [2.05, 4.69) is 5.32 Å². The Bertz CT molecular complexity index is 548. The van der Waals surface area contributed by atoms with E-state index in [0.717, 1.165) is 23.8 Å². The highest BCUT2D eigenvalue weighted by Crippen LogP contribution is 2.33. The zero-order valence-electron chi connectivity index (χ0n) is 9.96. The molecule has 1 aromatic carbocycles. The molecule has 102 valence electrons. The molecular weight excluding hydrogens is 278 g/mol. The van der Waals surface area contributed by atoms with Gasteiger partial charge in [-0.05, 0) is 47.5 Å². The molecule has 1 nitrogen and oxygen atoms in total.